The molecule has 0 saturated heterocycles. The first-order valence-corrected chi connectivity index (χ1v) is 17.9. The van der Waals surface area contributed by atoms with Gasteiger partial charge in [0.05, 0.1) is 22.0 Å². The van der Waals surface area contributed by atoms with E-state index >= 15 is 0 Å². The molecule has 0 bridgehead atoms. The second-order valence-corrected chi connectivity index (χ2v) is 15.7. The monoisotopic (exact) mass is 608 g/mol. The molecule has 5 heterocycles. The Morgan fingerprint density at radius 2 is 1.61 bits per heavy atom. The lowest BCUT2D eigenvalue weighted by atomic mass is 9.98. The van der Waals surface area contributed by atoms with Crippen LogP contribution >= 0.6 is 0 Å². The molecule has 218 valence electrons. The van der Waals surface area contributed by atoms with Gasteiger partial charge in [0.15, 0.2) is 8.07 Å². The van der Waals surface area contributed by atoms with Gasteiger partial charge in [-0.1, -0.05) is 78.5 Å². The van der Waals surface area contributed by atoms with E-state index in [1.165, 1.54) is 43.2 Å². The first-order chi connectivity index (χ1) is 22.8. The van der Waals surface area contributed by atoms with Gasteiger partial charge in [-0.25, -0.2) is 9.67 Å². The van der Waals surface area contributed by atoms with Crippen molar-refractivity contribution in [3.63, 3.8) is 0 Å². The Morgan fingerprint density at radius 1 is 0.739 bits per heavy atom. The Morgan fingerprint density at radius 3 is 2.57 bits per heavy atom. The molecule has 1 unspecified atom stereocenters. The normalized spacial score (nSPS) is 17.7. The Kier molecular flexibility index (Phi) is 5.36. The van der Waals surface area contributed by atoms with E-state index in [9.17, 15) is 0 Å². The van der Waals surface area contributed by atoms with Gasteiger partial charge in [-0.3, -0.25) is 4.57 Å². The van der Waals surface area contributed by atoms with Gasteiger partial charge < -0.3 is 4.74 Å². The molecule has 0 saturated carbocycles. The summed E-state index contributed by atoms with van der Waals surface area (Å²) in [5.41, 5.74) is 9.81. The van der Waals surface area contributed by atoms with E-state index in [0.29, 0.717) is 0 Å². The Balaban J connectivity index is 1.03. The van der Waals surface area contributed by atoms with Gasteiger partial charge in [-0.05, 0) is 76.8 Å². The quantitative estimate of drug-likeness (QED) is 0.191. The van der Waals surface area contributed by atoms with E-state index in [-0.39, 0.29) is 0 Å². The van der Waals surface area contributed by atoms with Crippen LogP contribution in [-0.2, 0) is 0 Å². The minimum atomic E-state index is -2.29. The van der Waals surface area contributed by atoms with Crippen LogP contribution in [0.2, 0.25) is 0 Å². The molecule has 1 aliphatic carbocycles. The zero-order chi connectivity index (χ0) is 30.2. The molecule has 3 aliphatic rings. The zero-order valence-electron chi connectivity index (χ0n) is 25.0. The molecule has 6 heteroatoms. The topological polar surface area (TPSA) is 44.9 Å². The summed E-state index contributed by atoms with van der Waals surface area (Å²) in [7, 11) is -2.29. The highest BCUT2D eigenvalue weighted by molar-refractivity contribution is 7.14. The molecule has 1 atom stereocenters. The summed E-state index contributed by atoms with van der Waals surface area (Å²) in [5, 5.41) is 11.9. The number of fused-ring (bicyclic) bond motifs is 9. The molecule has 10 rings (SSSR count). The van der Waals surface area contributed by atoms with Crippen molar-refractivity contribution in [2.24, 2.45) is 0 Å². The lowest BCUT2D eigenvalue weighted by Crippen LogP contribution is -2.57. The summed E-state index contributed by atoms with van der Waals surface area (Å²) >= 11 is 0. The summed E-state index contributed by atoms with van der Waals surface area (Å²) in [6, 6.07) is 38.0. The highest BCUT2D eigenvalue weighted by Crippen LogP contribution is 2.42. The van der Waals surface area contributed by atoms with Crippen molar-refractivity contribution in [3.8, 4) is 23.0 Å². The van der Waals surface area contributed by atoms with E-state index in [1.807, 2.05) is 47.3 Å². The minimum Gasteiger partial charge on any atom is -0.457 e. The van der Waals surface area contributed by atoms with Crippen LogP contribution in [0.5, 0.6) is 11.5 Å². The van der Waals surface area contributed by atoms with Crippen LogP contribution < -0.4 is 15.2 Å². The average molecular weight is 609 g/mol. The van der Waals surface area contributed by atoms with E-state index in [2.05, 4.69) is 112 Å². The van der Waals surface area contributed by atoms with Crippen LogP contribution in [0.25, 0.3) is 45.0 Å². The second-order valence-electron chi connectivity index (χ2n) is 12.2. The third-order valence-corrected chi connectivity index (χ3v) is 14.1. The second kappa shape index (κ2) is 9.64. The molecule has 0 N–H and O–H groups in total. The molecule has 46 heavy (non-hydrogen) atoms. The molecule has 1 spiro atoms. The number of allylic oxidation sites excluding steroid dienone is 4. The fourth-order valence-corrected chi connectivity index (χ4v) is 12.5. The lowest BCUT2D eigenvalue weighted by molar-refractivity contribution is 0.483. The van der Waals surface area contributed by atoms with Crippen LogP contribution in [0.15, 0.2) is 145 Å². The number of benzene rings is 4. The van der Waals surface area contributed by atoms with E-state index < -0.39 is 8.07 Å². The van der Waals surface area contributed by atoms with Gasteiger partial charge in [-0.2, -0.15) is 5.10 Å². The molecule has 2 aliphatic heterocycles. The molecule has 3 aromatic heterocycles. The SMILES string of the molecule is C1=CC2=C(CC1)c1ccccc1[Si]21C=Cc2cn(-c3cccc(Oc4ccc5c6ccccc6n(-c6ccccn6)c5c4)c3)nc21. The standard InChI is InChI=1S/C40H28N4OSi/c1-4-15-35-31(12-1)32-20-19-30(25-36(32)44(35)39-18-7-8-22-41-39)45-29-11-9-10-28(24-29)43-26-27-21-23-46(40(27)42-43)37-16-5-2-13-33(37)34-14-3-6-17-38(34)46/h1-2,4-13,15-26H,3,14H2. The predicted molar refractivity (Wildman–Crippen MR) is 188 cm³/mol. The van der Waals surface area contributed by atoms with Crippen molar-refractivity contribution >= 4 is 52.0 Å². The largest absolute Gasteiger partial charge is 0.457 e. The van der Waals surface area contributed by atoms with Gasteiger partial charge in [0.25, 0.3) is 0 Å². The van der Waals surface area contributed by atoms with Crippen molar-refractivity contribution in [3.05, 3.63) is 156 Å². The smallest absolute Gasteiger partial charge is 0.198 e. The molecule has 0 amide bonds. The van der Waals surface area contributed by atoms with Gasteiger partial charge in [0, 0.05) is 40.9 Å². The lowest BCUT2D eigenvalue weighted by Gasteiger charge is -2.24. The van der Waals surface area contributed by atoms with Crippen LogP contribution in [0.3, 0.4) is 0 Å². The number of hydrogen-bond acceptors (Lipinski definition) is 3. The highest BCUT2D eigenvalue weighted by Gasteiger charge is 2.51. The molecule has 7 aromatic rings. The van der Waals surface area contributed by atoms with E-state index in [0.717, 1.165) is 46.9 Å². The van der Waals surface area contributed by atoms with Crippen LogP contribution in [0.1, 0.15) is 24.0 Å². The van der Waals surface area contributed by atoms with Crippen molar-refractivity contribution in [1.82, 2.24) is 19.3 Å². The van der Waals surface area contributed by atoms with Crippen LogP contribution in [0, 0.1) is 0 Å². The fourth-order valence-electron chi connectivity index (χ4n) is 7.80. The third-order valence-electron chi connectivity index (χ3n) is 9.74. The molecule has 0 radical (unpaired) electrons. The summed E-state index contributed by atoms with van der Waals surface area (Å²) in [6.45, 7) is 0. The third kappa shape index (κ3) is 3.56. The first-order valence-electron chi connectivity index (χ1n) is 15.8. The van der Waals surface area contributed by atoms with E-state index in [4.69, 9.17) is 9.84 Å². The summed E-state index contributed by atoms with van der Waals surface area (Å²) in [5.74, 6) is 2.42. The van der Waals surface area contributed by atoms with E-state index in [1.54, 1.807) is 0 Å². The first kappa shape index (κ1) is 25.6. The molecule has 0 fully saturated rings. The molecule has 4 aromatic carbocycles. The van der Waals surface area contributed by atoms with Crippen molar-refractivity contribution in [2.75, 3.05) is 0 Å². The zero-order valence-corrected chi connectivity index (χ0v) is 26.0. The van der Waals surface area contributed by atoms with Gasteiger partial charge in [-0.15, -0.1) is 0 Å². The summed E-state index contributed by atoms with van der Waals surface area (Å²) in [4.78, 5) is 4.67. The maximum absolute atomic E-state index is 6.53. The van der Waals surface area contributed by atoms with Crippen LogP contribution in [0.4, 0.5) is 0 Å². The number of ether oxygens (including phenoxy) is 1. The minimum absolute atomic E-state index is 0.766. The summed E-state index contributed by atoms with van der Waals surface area (Å²) < 4.78 is 10.8. The Labute approximate surface area is 267 Å². The summed E-state index contributed by atoms with van der Waals surface area (Å²) in [6.07, 6.45) is 13.3. The average Bonchev–Trinajstić information content (AvgIpc) is 3.85. The van der Waals surface area contributed by atoms with Crippen molar-refractivity contribution in [2.45, 2.75) is 12.8 Å². The maximum Gasteiger partial charge on any atom is 0.198 e. The van der Waals surface area contributed by atoms with Crippen molar-refractivity contribution < 1.29 is 4.74 Å². The number of aromatic nitrogens is 4. The molecular weight excluding hydrogens is 581 g/mol. The highest BCUT2D eigenvalue weighted by atomic mass is 28.3. The van der Waals surface area contributed by atoms with Gasteiger partial charge >= 0.3 is 0 Å². The number of para-hydroxylation sites is 1. The predicted octanol–water partition coefficient (Wildman–Crippen LogP) is 7.94. The number of hydrogen-bond donors (Lipinski definition) is 0. The number of pyridine rings is 1. The Hall–Kier alpha value is -5.72. The fraction of sp³-hybridized carbons (Fsp3) is 0.0500. The Bertz CT molecular complexity index is 2470. The molecule has 5 nitrogen and oxygen atoms in total. The van der Waals surface area contributed by atoms with Crippen molar-refractivity contribution in [1.29, 1.82) is 0 Å². The van der Waals surface area contributed by atoms with Crippen LogP contribution in [-0.4, -0.2) is 27.4 Å². The van der Waals surface area contributed by atoms with Gasteiger partial charge in [0.1, 0.15) is 17.3 Å². The maximum atomic E-state index is 6.53. The molecular formula is C40H28N4OSi. The number of rotatable bonds is 4. The number of nitrogens with zero attached hydrogens (tertiary/aromatic N) is 4. The van der Waals surface area contributed by atoms with Gasteiger partial charge in [0.2, 0.25) is 0 Å².